The SMILES string of the molecule is CCNC(=O)Nc1cccc(NC(=O)c2cc(C)nc3cc(F)ccc23)c1. The molecule has 7 heteroatoms. The first-order valence-electron chi connectivity index (χ1n) is 8.49. The first-order chi connectivity index (χ1) is 13.0. The van der Waals surface area contributed by atoms with Crippen molar-refractivity contribution in [2.45, 2.75) is 13.8 Å². The van der Waals surface area contributed by atoms with Gasteiger partial charge < -0.3 is 16.0 Å². The number of aromatic nitrogens is 1. The van der Waals surface area contributed by atoms with E-state index in [4.69, 9.17) is 0 Å². The molecule has 138 valence electrons. The summed E-state index contributed by atoms with van der Waals surface area (Å²) in [6.45, 7) is 4.08. The third-order valence-corrected chi connectivity index (χ3v) is 3.86. The van der Waals surface area contributed by atoms with E-state index in [9.17, 15) is 14.0 Å². The van der Waals surface area contributed by atoms with Crippen LogP contribution in [0.25, 0.3) is 10.9 Å². The van der Waals surface area contributed by atoms with Gasteiger partial charge in [-0.3, -0.25) is 9.78 Å². The second-order valence-electron chi connectivity index (χ2n) is 5.99. The lowest BCUT2D eigenvalue weighted by Crippen LogP contribution is -2.28. The standard InChI is InChI=1S/C20H19FN4O2/c1-3-22-20(27)25-15-6-4-5-14(11-15)24-19(26)17-9-12(2)23-18-10-13(21)7-8-16(17)18/h4-11H,3H2,1-2H3,(H,24,26)(H2,22,25,27). The van der Waals surface area contributed by atoms with Crippen LogP contribution in [0.15, 0.2) is 48.5 Å². The molecule has 0 unspecified atom stereocenters. The van der Waals surface area contributed by atoms with Gasteiger partial charge in [-0.15, -0.1) is 0 Å². The molecule has 0 aliphatic heterocycles. The van der Waals surface area contributed by atoms with Gasteiger partial charge in [0.05, 0.1) is 11.1 Å². The number of fused-ring (bicyclic) bond motifs is 1. The molecule has 3 N–H and O–H groups in total. The topological polar surface area (TPSA) is 83.1 Å². The lowest BCUT2D eigenvalue weighted by Gasteiger charge is -2.11. The average molecular weight is 366 g/mol. The van der Waals surface area contributed by atoms with E-state index < -0.39 is 5.82 Å². The molecule has 6 nitrogen and oxygen atoms in total. The van der Waals surface area contributed by atoms with Crippen LogP contribution in [0.2, 0.25) is 0 Å². The number of amides is 3. The molecule has 0 saturated carbocycles. The molecule has 1 heterocycles. The van der Waals surface area contributed by atoms with Crippen molar-refractivity contribution in [1.82, 2.24) is 10.3 Å². The van der Waals surface area contributed by atoms with Gasteiger partial charge in [0.25, 0.3) is 5.91 Å². The van der Waals surface area contributed by atoms with Gasteiger partial charge in [-0.05, 0) is 50.2 Å². The molecule has 2 aromatic carbocycles. The summed E-state index contributed by atoms with van der Waals surface area (Å²) in [6, 6.07) is 12.3. The van der Waals surface area contributed by atoms with E-state index in [0.717, 1.165) is 0 Å². The summed E-state index contributed by atoms with van der Waals surface area (Å²) in [5.41, 5.74) is 2.52. The predicted octanol–water partition coefficient (Wildman–Crippen LogP) is 4.08. The summed E-state index contributed by atoms with van der Waals surface area (Å²) >= 11 is 0. The maximum absolute atomic E-state index is 13.5. The molecule has 3 aromatic rings. The quantitative estimate of drug-likeness (QED) is 0.651. The number of nitrogens with zero attached hydrogens (tertiary/aromatic N) is 1. The number of aryl methyl sites for hydroxylation is 1. The highest BCUT2D eigenvalue weighted by molar-refractivity contribution is 6.12. The monoisotopic (exact) mass is 366 g/mol. The number of anilines is 2. The molecule has 0 aliphatic rings. The normalized spacial score (nSPS) is 10.5. The summed E-state index contributed by atoms with van der Waals surface area (Å²) in [4.78, 5) is 28.7. The predicted molar refractivity (Wildman–Crippen MR) is 104 cm³/mol. The molecule has 0 spiro atoms. The number of carbonyl (C=O) groups is 2. The molecule has 27 heavy (non-hydrogen) atoms. The summed E-state index contributed by atoms with van der Waals surface area (Å²) in [5.74, 6) is -0.747. The van der Waals surface area contributed by atoms with Crippen LogP contribution in [0.5, 0.6) is 0 Å². The van der Waals surface area contributed by atoms with Crippen molar-refractivity contribution in [3.8, 4) is 0 Å². The van der Waals surface area contributed by atoms with Gasteiger partial charge in [0.1, 0.15) is 5.82 Å². The zero-order valence-corrected chi connectivity index (χ0v) is 15.0. The van der Waals surface area contributed by atoms with Crippen LogP contribution >= 0.6 is 0 Å². The Kier molecular flexibility index (Phi) is 5.30. The Morgan fingerprint density at radius 2 is 1.78 bits per heavy atom. The van der Waals surface area contributed by atoms with Gasteiger partial charge in [0.2, 0.25) is 0 Å². The van der Waals surface area contributed by atoms with E-state index in [1.54, 1.807) is 43.3 Å². The first kappa shape index (κ1) is 18.3. The molecule has 0 aliphatic carbocycles. The highest BCUT2D eigenvalue weighted by atomic mass is 19.1. The van der Waals surface area contributed by atoms with Crippen molar-refractivity contribution in [2.24, 2.45) is 0 Å². The van der Waals surface area contributed by atoms with Gasteiger partial charge in [0.15, 0.2) is 0 Å². The Morgan fingerprint density at radius 3 is 2.52 bits per heavy atom. The summed E-state index contributed by atoms with van der Waals surface area (Å²) in [7, 11) is 0. The van der Waals surface area contributed by atoms with Gasteiger partial charge in [-0.25, -0.2) is 9.18 Å². The van der Waals surface area contributed by atoms with E-state index in [1.807, 2.05) is 6.92 Å². The number of rotatable bonds is 4. The van der Waals surface area contributed by atoms with Crippen LogP contribution in [-0.4, -0.2) is 23.5 Å². The molecule has 0 bridgehead atoms. The largest absolute Gasteiger partial charge is 0.338 e. The molecule has 0 fully saturated rings. The smallest absolute Gasteiger partial charge is 0.319 e. The number of urea groups is 1. The van der Waals surface area contributed by atoms with E-state index in [2.05, 4.69) is 20.9 Å². The van der Waals surface area contributed by atoms with Crippen molar-refractivity contribution in [2.75, 3.05) is 17.2 Å². The van der Waals surface area contributed by atoms with Crippen LogP contribution in [0, 0.1) is 12.7 Å². The minimum atomic E-state index is -0.406. The lowest BCUT2D eigenvalue weighted by molar-refractivity contribution is 0.102. The van der Waals surface area contributed by atoms with Crippen molar-refractivity contribution >= 4 is 34.2 Å². The molecule has 0 atom stereocenters. The molecule has 0 radical (unpaired) electrons. The van der Waals surface area contributed by atoms with E-state index in [1.165, 1.54) is 12.1 Å². The third-order valence-electron chi connectivity index (χ3n) is 3.86. The summed E-state index contributed by atoms with van der Waals surface area (Å²) in [6.07, 6.45) is 0. The molecular weight excluding hydrogens is 347 g/mol. The Balaban J connectivity index is 1.86. The Hall–Kier alpha value is -3.48. The highest BCUT2D eigenvalue weighted by Crippen LogP contribution is 2.22. The molecule has 0 saturated heterocycles. The second-order valence-corrected chi connectivity index (χ2v) is 5.99. The average Bonchev–Trinajstić information content (AvgIpc) is 2.61. The van der Waals surface area contributed by atoms with Crippen molar-refractivity contribution in [3.63, 3.8) is 0 Å². The lowest BCUT2D eigenvalue weighted by atomic mass is 10.1. The maximum Gasteiger partial charge on any atom is 0.319 e. The van der Waals surface area contributed by atoms with Crippen LogP contribution in [0.1, 0.15) is 23.0 Å². The third kappa shape index (κ3) is 4.38. The van der Waals surface area contributed by atoms with Crippen LogP contribution in [0.3, 0.4) is 0 Å². The first-order valence-corrected chi connectivity index (χ1v) is 8.49. The number of pyridine rings is 1. The maximum atomic E-state index is 13.5. The number of carbonyl (C=O) groups excluding carboxylic acids is 2. The number of hydrogen-bond donors (Lipinski definition) is 3. The van der Waals surface area contributed by atoms with E-state index in [-0.39, 0.29) is 11.9 Å². The Labute approximate surface area is 155 Å². The minimum absolute atomic E-state index is 0.321. The van der Waals surface area contributed by atoms with Gasteiger partial charge >= 0.3 is 6.03 Å². The fraction of sp³-hybridized carbons (Fsp3) is 0.150. The van der Waals surface area contributed by atoms with Crippen LogP contribution in [0.4, 0.5) is 20.6 Å². The van der Waals surface area contributed by atoms with Crippen LogP contribution in [-0.2, 0) is 0 Å². The zero-order valence-electron chi connectivity index (χ0n) is 15.0. The molecular formula is C20H19FN4O2. The van der Waals surface area contributed by atoms with Gasteiger partial charge in [-0.2, -0.15) is 0 Å². The number of hydrogen-bond acceptors (Lipinski definition) is 3. The Morgan fingerprint density at radius 1 is 1.04 bits per heavy atom. The molecule has 3 amide bonds. The Bertz CT molecular complexity index is 1010. The van der Waals surface area contributed by atoms with Crippen molar-refractivity contribution < 1.29 is 14.0 Å². The second kappa shape index (κ2) is 7.82. The van der Waals surface area contributed by atoms with E-state index >= 15 is 0 Å². The summed E-state index contributed by atoms with van der Waals surface area (Å²) in [5, 5.41) is 8.70. The van der Waals surface area contributed by atoms with Gasteiger partial charge in [-0.1, -0.05) is 6.07 Å². The highest BCUT2D eigenvalue weighted by Gasteiger charge is 2.13. The van der Waals surface area contributed by atoms with Crippen LogP contribution < -0.4 is 16.0 Å². The number of benzene rings is 2. The summed E-state index contributed by atoms with van der Waals surface area (Å²) < 4.78 is 13.5. The van der Waals surface area contributed by atoms with Crippen molar-refractivity contribution in [1.29, 1.82) is 0 Å². The number of nitrogens with one attached hydrogen (secondary N) is 3. The number of halogens is 1. The zero-order chi connectivity index (χ0) is 19.4. The fourth-order valence-corrected chi connectivity index (χ4v) is 2.73. The fourth-order valence-electron chi connectivity index (χ4n) is 2.73. The molecule has 1 aromatic heterocycles. The van der Waals surface area contributed by atoms with Crippen molar-refractivity contribution in [3.05, 3.63) is 65.6 Å². The minimum Gasteiger partial charge on any atom is -0.338 e. The van der Waals surface area contributed by atoms with E-state index in [0.29, 0.717) is 40.1 Å². The molecule has 3 rings (SSSR count). The van der Waals surface area contributed by atoms with Gasteiger partial charge in [0, 0.05) is 35.1 Å².